The summed E-state index contributed by atoms with van der Waals surface area (Å²) in [5.41, 5.74) is 7.89. The first-order chi connectivity index (χ1) is 8.13. The summed E-state index contributed by atoms with van der Waals surface area (Å²) in [6.07, 6.45) is 2.03. The Morgan fingerprint density at radius 2 is 2.29 bits per heavy atom. The number of rotatable bonds is 3. The third-order valence-electron chi connectivity index (χ3n) is 3.63. The fourth-order valence-electron chi connectivity index (χ4n) is 2.65. The van der Waals surface area contributed by atoms with Gasteiger partial charge in [-0.15, -0.1) is 0 Å². The summed E-state index contributed by atoms with van der Waals surface area (Å²) in [6, 6.07) is 4.86. The molecule has 0 spiro atoms. The molecule has 3 atom stereocenters. The van der Waals surface area contributed by atoms with Crippen molar-refractivity contribution in [3.63, 3.8) is 0 Å². The molecule has 1 heterocycles. The zero-order chi connectivity index (χ0) is 12.4. The monoisotopic (exact) mass is 237 g/mol. The zero-order valence-corrected chi connectivity index (χ0v) is 10.4. The van der Waals surface area contributed by atoms with Crippen molar-refractivity contribution >= 4 is 0 Å². The summed E-state index contributed by atoms with van der Waals surface area (Å²) in [4.78, 5) is 0. The van der Waals surface area contributed by atoms with E-state index < -0.39 is 0 Å². The van der Waals surface area contributed by atoms with Crippen molar-refractivity contribution in [3.05, 3.63) is 35.1 Å². The topological polar surface area (TPSA) is 35.2 Å². The van der Waals surface area contributed by atoms with Crippen LogP contribution in [0.2, 0.25) is 0 Å². The number of halogens is 1. The molecule has 2 nitrogen and oxygen atoms in total. The van der Waals surface area contributed by atoms with Gasteiger partial charge in [0.05, 0.1) is 6.10 Å². The summed E-state index contributed by atoms with van der Waals surface area (Å²) in [5, 5.41) is 0. The van der Waals surface area contributed by atoms with Gasteiger partial charge in [0, 0.05) is 24.1 Å². The van der Waals surface area contributed by atoms with Gasteiger partial charge in [0.2, 0.25) is 0 Å². The van der Waals surface area contributed by atoms with E-state index in [1.807, 2.05) is 13.0 Å². The van der Waals surface area contributed by atoms with Crippen LogP contribution in [-0.4, -0.2) is 12.7 Å². The first-order valence-corrected chi connectivity index (χ1v) is 6.26. The molecule has 0 amide bonds. The number of hydrogen-bond donors (Lipinski definition) is 1. The van der Waals surface area contributed by atoms with E-state index in [0.717, 1.165) is 25.0 Å². The van der Waals surface area contributed by atoms with Crippen LogP contribution >= 0.6 is 0 Å². The second-order valence-corrected chi connectivity index (χ2v) is 4.82. The normalized spacial score (nSPS) is 26.1. The standard InChI is InChI=1S/C14H20FNO/c1-3-13-10(6-7-17-13)14(16)11-8-9(2)4-5-12(11)15/h4-5,8,10,13-14H,3,6-7,16H2,1-2H3. The van der Waals surface area contributed by atoms with E-state index in [9.17, 15) is 4.39 Å². The SMILES string of the molecule is CCC1OCCC1C(N)c1cc(C)ccc1F. The highest BCUT2D eigenvalue weighted by Gasteiger charge is 2.33. The number of aryl methyl sites for hydroxylation is 1. The second kappa shape index (κ2) is 5.15. The number of benzene rings is 1. The van der Waals surface area contributed by atoms with Crippen LogP contribution in [0.15, 0.2) is 18.2 Å². The number of hydrogen-bond acceptors (Lipinski definition) is 2. The lowest BCUT2D eigenvalue weighted by Crippen LogP contribution is -2.28. The van der Waals surface area contributed by atoms with E-state index in [2.05, 4.69) is 6.92 Å². The molecule has 0 aliphatic carbocycles. The number of ether oxygens (including phenoxy) is 1. The molecule has 2 rings (SSSR count). The molecule has 1 aromatic rings. The van der Waals surface area contributed by atoms with Crippen LogP contribution in [0.4, 0.5) is 4.39 Å². The van der Waals surface area contributed by atoms with Crippen LogP contribution in [0.5, 0.6) is 0 Å². The molecule has 94 valence electrons. The fourth-order valence-corrected chi connectivity index (χ4v) is 2.65. The first-order valence-electron chi connectivity index (χ1n) is 6.26. The molecule has 17 heavy (non-hydrogen) atoms. The van der Waals surface area contributed by atoms with Gasteiger partial charge in [0.15, 0.2) is 0 Å². The molecule has 1 aliphatic rings. The Morgan fingerprint density at radius 1 is 1.53 bits per heavy atom. The Bertz CT molecular complexity index is 394. The maximum Gasteiger partial charge on any atom is 0.128 e. The lowest BCUT2D eigenvalue weighted by Gasteiger charge is -2.24. The predicted molar refractivity (Wildman–Crippen MR) is 66.2 cm³/mol. The highest BCUT2D eigenvalue weighted by molar-refractivity contribution is 5.27. The summed E-state index contributed by atoms with van der Waals surface area (Å²) in [7, 11) is 0. The van der Waals surface area contributed by atoms with E-state index in [1.165, 1.54) is 6.07 Å². The molecule has 3 unspecified atom stereocenters. The van der Waals surface area contributed by atoms with Gasteiger partial charge in [-0.05, 0) is 25.8 Å². The molecule has 1 saturated heterocycles. The van der Waals surface area contributed by atoms with Gasteiger partial charge >= 0.3 is 0 Å². The van der Waals surface area contributed by atoms with Crippen LogP contribution in [0.3, 0.4) is 0 Å². The van der Waals surface area contributed by atoms with Gasteiger partial charge in [-0.3, -0.25) is 0 Å². The lowest BCUT2D eigenvalue weighted by molar-refractivity contribution is 0.0810. The van der Waals surface area contributed by atoms with E-state index in [4.69, 9.17) is 10.5 Å². The maximum absolute atomic E-state index is 13.8. The molecular formula is C14H20FNO. The predicted octanol–water partition coefficient (Wildman–Crippen LogP) is 2.95. The smallest absolute Gasteiger partial charge is 0.128 e. The van der Waals surface area contributed by atoms with Crippen LogP contribution in [-0.2, 0) is 4.74 Å². The van der Waals surface area contributed by atoms with Crippen molar-refractivity contribution in [2.75, 3.05) is 6.61 Å². The molecule has 3 heteroatoms. The average Bonchev–Trinajstić information content (AvgIpc) is 2.79. The molecule has 0 bridgehead atoms. The minimum atomic E-state index is -0.262. The van der Waals surface area contributed by atoms with Crippen molar-refractivity contribution in [3.8, 4) is 0 Å². The molecular weight excluding hydrogens is 217 g/mol. The largest absolute Gasteiger partial charge is 0.378 e. The maximum atomic E-state index is 13.8. The van der Waals surface area contributed by atoms with Gasteiger partial charge in [0.1, 0.15) is 5.82 Å². The summed E-state index contributed by atoms with van der Waals surface area (Å²) in [5.74, 6) is 0.0288. The highest BCUT2D eigenvalue weighted by Crippen LogP contribution is 2.34. The van der Waals surface area contributed by atoms with E-state index in [1.54, 1.807) is 6.07 Å². The zero-order valence-electron chi connectivity index (χ0n) is 10.4. The Balaban J connectivity index is 2.24. The molecule has 0 radical (unpaired) electrons. The van der Waals surface area contributed by atoms with Gasteiger partial charge in [0.25, 0.3) is 0 Å². The minimum absolute atomic E-state index is 0.171. The van der Waals surface area contributed by atoms with Crippen molar-refractivity contribution in [2.24, 2.45) is 11.7 Å². The molecule has 0 aromatic heterocycles. The van der Waals surface area contributed by atoms with Crippen LogP contribution < -0.4 is 5.73 Å². The van der Waals surface area contributed by atoms with Crippen LogP contribution in [0, 0.1) is 18.7 Å². The average molecular weight is 237 g/mol. The second-order valence-electron chi connectivity index (χ2n) is 4.82. The van der Waals surface area contributed by atoms with Gasteiger partial charge in [-0.1, -0.05) is 24.6 Å². The van der Waals surface area contributed by atoms with E-state index in [-0.39, 0.29) is 23.9 Å². The van der Waals surface area contributed by atoms with Gasteiger partial charge < -0.3 is 10.5 Å². The summed E-state index contributed by atoms with van der Waals surface area (Å²) < 4.78 is 19.4. The van der Waals surface area contributed by atoms with Crippen molar-refractivity contribution in [1.82, 2.24) is 0 Å². The minimum Gasteiger partial charge on any atom is -0.378 e. The quantitative estimate of drug-likeness (QED) is 0.877. The Labute approximate surface area is 102 Å². The summed E-state index contributed by atoms with van der Waals surface area (Å²) in [6.45, 7) is 4.78. The van der Waals surface area contributed by atoms with E-state index >= 15 is 0 Å². The van der Waals surface area contributed by atoms with Gasteiger partial charge in [-0.25, -0.2) is 4.39 Å². The Morgan fingerprint density at radius 3 is 3.00 bits per heavy atom. The molecule has 2 N–H and O–H groups in total. The molecule has 1 fully saturated rings. The first kappa shape index (κ1) is 12.5. The van der Waals surface area contributed by atoms with Gasteiger partial charge in [-0.2, -0.15) is 0 Å². The highest BCUT2D eigenvalue weighted by atomic mass is 19.1. The fraction of sp³-hybridized carbons (Fsp3) is 0.571. The third-order valence-corrected chi connectivity index (χ3v) is 3.63. The van der Waals surface area contributed by atoms with E-state index in [0.29, 0.717) is 5.56 Å². The van der Waals surface area contributed by atoms with Crippen molar-refractivity contribution in [1.29, 1.82) is 0 Å². The Hall–Kier alpha value is -0.930. The van der Waals surface area contributed by atoms with Crippen molar-refractivity contribution in [2.45, 2.75) is 38.8 Å². The lowest BCUT2D eigenvalue weighted by atomic mass is 9.86. The summed E-state index contributed by atoms with van der Waals surface area (Å²) >= 11 is 0. The number of nitrogens with two attached hydrogens (primary N) is 1. The van der Waals surface area contributed by atoms with Crippen molar-refractivity contribution < 1.29 is 9.13 Å². The molecule has 1 aromatic carbocycles. The Kier molecular flexibility index (Phi) is 3.79. The third kappa shape index (κ3) is 2.50. The van der Waals surface area contributed by atoms with Crippen LogP contribution in [0.1, 0.15) is 36.9 Å². The van der Waals surface area contributed by atoms with Crippen LogP contribution in [0.25, 0.3) is 0 Å². The molecule has 1 aliphatic heterocycles. The molecule has 0 saturated carbocycles.